The molecule has 0 atom stereocenters. The lowest BCUT2D eigenvalue weighted by Gasteiger charge is -2.10. The molecule has 1 N–H and O–H groups in total. The van der Waals surface area contributed by atoms with E-state index in [1.807, 2.05) is 0 Å². The molecule has 0 saturated carbocycles. The third-order valence-corrected chi connectivity index (χ3v) is 5.49. The SMILES string of the molecule is CCn1c(=O)[nH]c(=O)n(-c2ccc(Sc3ccc(C(F)(F)F)cc3Cl)cc2)c1=O. The van der Waals surface area contributed by atoms with Crippen LogP contribution in [0.15, 0.2) is 66.6 Å². The molecule has 2 aromatic carbocycles. The van der Waals surface area contributed by atoms with Gasteiger partial charge in [-0.1, -0.05) is 23.4 Å². The van der Waals surface area contributed by atoms with Crippen molar-refractivity contribution in [2.24, 2.45) is 0 Å². The van der Waals surface area contributed by atoms with Gasteiger partial charge in [-0.15, -0.1) is 0 Å². The van der Waals surface area contributed by atoms with Crippen LogP contribution in [0.5, 0.6) is 0 Å². The molecule has 11 heteroatoms. The van der Waals surface area contributed by atoms with Gasteiger partial charge in [-0.05, 0) is 49.4 Å². The van der Waals surface area contributed by atoms with E-state index in [9.17, 15) is 27.6 Å². The predicted molar refractivity (Wildman–Crippen MR) is 103 cm³/mol. The van der Waals surface area contributed by atoms with E-state index in [4.69, 9.17) is 11.6 Å². The minimum Gasteiger partial charge on any atom is -0.258 e. The predicted octanol–water partition coefficient (Wildman–Crippen LogP) is 3.53. The van der Waals surface area contributed by atoms with Crippen LogP contribution in [0.2, 0.25) is 5.02 Å². The maximum atomic E-state index is 12.7. The van der Waals surface area contributed by atoms with Crippen molar-refractivity contribution in [3.63, 3.8) is 0 Å². The second kappa shape index (κ2) is 7.96. The summed E-state index contributed by atoms with van der Waals surface area (Å²) >= 11 is 7.09. The van der Waals surface area contributed by atoms with Crippen LogP contribution in [0.25, 0.3) is 5.69 Å². The average molecular weight is 444 g/mol. The van der Waals surface area contributed by atoms with Crippen LogP contribution in [-0.4, -0.2) is 14.1 Å². The fourth-order valence-electron chi connectivity index (χ4n) is 2.57. The van der Waals surface area contributed by atoms with Crippen LogP contribution in [-0.2, 0) is 12.7 Å². The smallest absolute Gasteiger partial charge is 0.258 e. The second-order valence-corrected chi connectivity index (χ2v) is 7.36. The van der Waals surface area contributed by atoms with Gasteiger partial charge in [0.25, 0.3) is 0 Å². The van der Waals surface area contributed by atoms with E-state index in [2.05, 4.69) is 4.98 Å². The minimum atomic E-state index is -4.48. The van der Waals surface area contributed by atoms with Gasteiger partial charge in [-0.3, -0.25) is 4.98 Å². The van der Waals surface area contributed by atoms with Crippen LogP contribution in [0, 0.1) is 0 Å². The normalized spacial score (nSPS) is 11.6. The lowest BCUT2D eigenvalue weighted by atomic mass is 10.2. The first-order valence-corrected chi connectivity index (χ1v) is 9.42. The van der Waals surface area contributed by atoms with Gasteiger partial charge in [0.15, 0.2) is 0 Å². The maximum absolute atomic E-state index is 12.7. The van der Waals surface area contributed by atoms with Gasteiger partial charge in [-0.2, -0.15) is 13.2 Å². The Labute approximate surface area is 170 Å². The molecule has 3 aromatic rings. The summed E-state index contributed by atoms with van der Waals surface area (Å²) in [5.74, 6) is 0. The summed E-state index contributed by atoms with van der Waals surface area (Å²) in [5, 5.41) is -0.0448. The Kier molecular flexibility index (Phi) is 5.76. The summed E-state index contributed by atoms with van der Waals surface area (Å²) in [6.07, 6.45) is -4.48. The Hall–Kier alpha value is -2.72. The van der Waals surface area contributed by atoms with Crippen molar-refractivity contribution < 1.29 is 13.2 Å². The largest absolute Gasteiger partial charge is 0.416 e. The van der Waals surface area contributed by atoms with Gasteiger partial charge in [0.05, 0.1) is 16.3 Å². The van der Waals surface area contributed by atoms with Gasteiger partial charge in [-0.25, -0.2) is 23.5 Å². The number of halogens is 4. The van der Waals surface area contributed by atoms with Crippen molar-refractivity contribution in [1.29, 1.82) is 0 Å². The molecule has 152 valence electrons. The highest BCUT2D eigenvalue weighted by atomic mass is 35.5. The first-order valence-electron chi connectivity index (χ1n) is 8.23. The standard InChI is InChI=1S/C18H13ClF3N3O3S/c1-2-24-15(26)23-16(27)25(17(24)28)11-4-6-12(7-5-11)29-14-8-3-10(9-13(14)19)18(20,21)22/h3-9H,2H2,1H3,(H,23,26,27). The Morgan fingerprint density at radius 1 is 1.03 bits per heavy atom. The number of aromatic nitrogens is 3. The maximum Gasteiger partial charge on any atom is 0.416 e. The Morgan fingerprint density at radius 2 is 1.69 bits per heavy atom. The van der Waals surface area contributed by atoms with Gasteiger partial charge in [0.2, 0.25) is 0 Å². The van der Waals surface area contributed by atoms with Crippen LogP contribution in [0.3, 0.4) is 0 Å². The topological polar surface area (TPSA) is 76.9 Å². The summed E-state index contributed by atoms with van der Waals surface area (Å²) in [7, 11) is 0. The molecule has 6 nitrogen and oxygen atoms in total. The van der Waals surface area contributed by atoms with Crippen molar-refractivity contribution in [3.05, 3.63) is 84.5 Å². The number of hydrogen-bond acceptors (Lipinski definition) is 4. The summed E-state index contributed by atoms with van der Waals surface area (Å²) < 4.78 is 39.9. The molecule has 0 aliphatic heterocycles. The third kappa shape index (κ3) is 4.33. The van der Waals surface area contributed by atoms with Crippen LogP contribution in [0.4, 0.5) is 13.2 Å². The number of nitrogens with one attached hydrogen (secondary N) is 1. The number of aromatic amines is 1. The first kappa shape index (κ1) is 21.0. The van der Waals surface area contributed by atoms with E-state index in [1.54, 1.807) is 19.1 Å². The summed E-state index contributed by atoms with van der Waals surface area (Å²) in [4.78, 5) is 39.2. The highest BCUT2D eigenvalue weighted by Gasteiger charge is 2.30. The first-order chi connectivity index (χ1) is 13.6. The van der Waals surface area contributed by atoms with E-state index in [1.165, 1.54) is 18.2 Å². The molecule has 0 radical (unpaired) electrons. The summed E-state index contributed by atoms with van der Waals surface area (Å²) in [5.41, 5.74) is -3.03. The van der Waals surface area contributed by atoms with Crippen molar-refractivity contribution in [2.75, 3.05) is 0 Å². The zero-order chi connectivity index (χ0) is 21.3. The molecule has 0 aliphatic carbocycles. The average Bonchev–Trinajstić information content (AvgIpc) is 2.64. The quantitative estimate of drug-likeness (QED) is 0.669. The molecule has 0 bridgehead atoms. The molecular weight excluding hydrogens is 431 g/mol. The molecule has 0 unspecified atom stereocenters. The highest BCUT2D eigenvalue weighted by molar-refractivity contribution is 7.99. The number of H-pyrrole nitrogens is 1. The van der Waals surface area contributed by atoms with Gasteiger partial charge in [0.1, 0.15) is 0 Å². The molecule has 1 aromatic heterocycles. The fourth-order valence-corrected chi connectivity index (χ4v) is 3.68. The molecule has 0 aliphatic rings. The lowest BCUT2D eigenvalue weighted by molar-refractivity contribution is -0.137. The second-order valence-electron chi connectivity index (χ2n) is 5.84. The molecule has 0 saturated heterocycles. The molecule has 3 rings (SSSR count). The van der Waals surface area contributed by atoms with E-state index in [0.717, 1.165) is 33.0 Å². The molecule has 0 amide bonds. The Morgan fingerprint density at radius 3 is 2.24 bits per heavy atom. The van der Waals surface area contributed by atoms with E-state index in [0.29, 0.717) is 9.79 Å². The van der Waals surface area contributed by atoms with E-state index >= 15 is 0 Å². The monoisotopic (exact) mass is 443 g/mol. The van der Waals surface area contributed by atoms with Gasteiger partial charge in [0, 0.05) is 16.3 Å². The van der Waals surface area contributed by atoms with Crippen molar-refractivity contribution in [3.8, 4) is 5.69 Å². The van der Waals surface area contributed by atoms with E-state index in [-0.39, 0.29) is 17.3 Å². The molecule has 0 spiro atoms. The minimum absolute atomic E-state index is 0.0448. The molecule has 0 fully saturated rings. The third-order valence-electron chi connectivity index (χ3n) is 3.98. The number of nitrogens with zero attached hydrogens (tertiary/aromatic N) is 2. The van der Waals surface area contributed by atoms with Crippen molar-refractivity contribution in [2.45, 2.75) is 29.4 Å². The number of rotatable bonds is 4. The zero-order valence-electron chi connectivity index (χ0n) is 14.8. The zero-order valence-corrected chi connectivity index (χ0v) is 16.4. The van der Waals surface area contributed by atoms with Gasteiger partial charge < -0.3 is 0 Å². The summed E-state index contributed by atoms with van der Waals surface area (Å²) in [6, 6.07) is 9.21. The van der Waals surface area contributed by atoms with Crippen LogP contribution >= 0.6 is 23.4 Å². The lowest BCUT2D eigenvalue weighted by Crippen LogP contribution is -2.48. The Balaban J connectivity index is 1.92. The van der Waals surface area contributed by atoms with Crippen LogP contribution in [0.1, 0.15) is 12.5 Å². The Bertz CT molecular complexity index is 1230. The molecular formula is C18H13ClF3N3O3S. The summed E-state index contributed by atoms with van der Waals surface area (Å²) in [6.45, 7) is 1.69. The van der Waals surface area contributed by atoms with E-state index < -0.39 is 28.8 Å². The number of benzene rings is 2. The molecule has 1 heterocycles. The van der Waals surface area contributed by atoms with Crippen molar-refractivity contribution >= 4 is 23.4 Å². The molecule has 29 heavy (non-hydrogen) atoms. The highest BCUT2D eigenvalue weighted by Crippen LogP contribution is 2.37. The van der Waals surface area contributed by atoms with Crippen molar-refractivity contribution in [1.82, 2.24) is 14.1 Å². The number of hydrogen-bond donors (Lipinski definition) is 1. The fraction of sp³-hybridized carbons (Fsp3) is 0.167. The number of alkyl halides is 3. The van der Waals surface area contributed by atoms with Gasteiger partial charge >= 0.3 is 23.2 Å². The van der Waals surface area contributed by atoms with Crippen LogP contribution < -0.4 is 17.1 Å².